The highest BCUT2D eigenvalue weighted by atomic mass is 16.5. The number of aryl methyl sites for hydroxylation is 2. The van der Waals surface area contributed by atoms with Crippen molar-refractivity contribution in [1.82, 2.24) is 4.57 Å². The van der Waals surface area contributed by atoms with Crippen LogP contribution in [0, 0.1) is 20.8 Å². The molecular weight excluding hydrogens is 352 g/mol. The number of rotatable bonds is 5. The minimum Gasteiger partial charge on any atom is -0.495 e. The molecule has 1 aromatic heterocycles. The van der Waals surface area contributed by atoms with E-state index < -0.39 is 6.04 Å². The third-order valence-corrected chi connectivity index (χ3v) is 5.33. The van der Waals surface area contributed by atoms with Crippen LogP contribution in [0.15, 0.2) is 47.3 Å². The van der Waals surface area contributed by atoms with Crippen LogP contribution in [0.5, 0.6) is 5.75 Å². The number of nitrogens with zero attached hydrogens (tertiary/aromatic N) is 1. The van der Waals surface area contributed by atoms with Gasteiger partial charge in [-0.1, -0.05) is 31.2 Å². The maximum atomic E-state index is 13.2. The number of aromatic nitrogens is 1. The van der Waals surface area contributed by atoms with Crippen LogP contribution in [-0.4, -0.2) is 17.6 Å². The fraction of sp³-hybridized carbons (Fsp3) is 0.304. The highest BCUT2D eigenvalue weighted by Gasteiger charge is 2.24. The second-order valence-electron chi connectivity index (χ2n) is 7.05. The molecule has 1 amide bonds. The summed E-state index contributed by atoms with van der Waals surface area (Å²) in [5, 5.41) is 3.91. The summed E-state index contributed by atoms with van der Waals surface area (Å²) in [5.41, 5.74) is 4.19. The molecule has 1 N–H and O–H groups in total. The van der Waals surface area contributed by atoms with Gasteiger partial charge in [-0.2, -0.15) is 0 Å². The molecule has 0 aliphatic rings. The van der Waals surface area contributed by atoms with Crippen molar-refractivity contribution in [2.24, 2.45) is 0 Å². The van der Waals surface area contributed by atoms with E-state index in [0.29, 0.717) is 17.7 Å². The summed E-state index contributed by atoms with van der Waals surface area (Å²) >= 11 is 0. The molecule has 0 aliphatic carbocycles. The Morgan fingerprint density at radius 2 is 1.82 bits per heavy atom. The Morgan fingerprint density at radius 3 is 2.50 bits per heavy atom. The lowest BCUT2D eigenvalue weighted by Gasteiger charge is -2.22. The lowest BCUT2D eigenvalue weighted by molar-refractivity contribution is -0.119. The smallest absolute Gasteiger partial charge is 0.252 e. The number of pyridine rings is 1. The molecule has 0 bridgehead atoms. The fourth-order valence-electron chi connectivity index (χ4n) is 3.59. The van der Waals surface area contributed by atoms with Crippen LogP contribution in [0.2, 0.25) is 0 Å². The van der Waals surface area contributed by atoms with Crippen LogP contribution in [0.4, 0.5) is 5.69 Å². The molecule has 3 rings (SSSR count). The first-order chi connectivity index (χ1) is 13.4. The van der Waals surface area contributed by atoms with Crippen molar-refractivity contribution in [2.75, 3.05) is 12.4 Å². The van der Waals surface area contributed by atoms with Crippen LogP contribution in [-0.2, 0) is 4.79 Å². The minimum atomic E-state index is -0.646. The first kappa shape index (κ1) is 19.7. The Labute approximate surface area is 165 Å². The van der Waals surface area contributed by atoms with E-state index in [1.807, 2.05) is 64.1 Å². The van der Waals surface area contributed by atoms with Crippen molar-refractivity contribution < 1.29 is 9.53 Å². The van der Waals surface area contributed by atoms with E-state index in [1.54, 1.807) is 17.7 Å². The number of fused-ring (bicyclic) bond motifs is 1. The molecule has 1 unspecified atom stereocenters. The highest BCUT2D eigenvalue weighted by Crippen LogP contribution is 2.30. The second kappa shape index (κ2) is 7.89. The molecule has 0 saturated carbocycles. The third kappa shape index (κ3) is 3.40. The number of carbonyl (C=O) groups is 1. The quantitative estimate of drug-likeness (QED) is 0.710. The number of anilines is 1. The van der Waals surface area contributed by atoms with Gasteiger partial charge in [0.25, 0.3) is 5.56 Å². The first-order valence-electron chi connectivity index (χ1n) is 9.45. The molecule has 0 spiro atoms. The average molecular weight is 378 g/mol. The maximum absolute atomic E-state index is 13.2. The summed E-state index contributed by atoms with van der Waals surface area (Å²) in [6, 6.07) is 12.4. The van der Waals surface area contributed by atoms with Gasteiger partial charge in [0.15, 0.2) is 0 Å². The van der Waals surface area contributed by atoms with Crippen LogP contribution in [0.25, 0.3) is 10.9 Å². The normalized spacial score (nSPS) is 12.0. The molecule has 0 fully saturated rings. The molecule has 1 heterocycles. The van der Waals surface area contributed by atoms with Gasteiger partial charge in [0.1, 0.15) is 11.8 Å². The maximum Gasteiger partial charge on any atom is 0.252 e. The van der Waals surface area contributed by atoms with Gasteiger partial charge >= 0.3 is 0 Å². The van der Waals surface area contributed by atoms with Crippen LogP contribution in [0.1, 0.15) is 36.1 Å². The van der Waals surface area contributed by atoms with Crippen molar-refractivity contribution in [3.05, 3.63) is 69.5 Å². The van der Waals surface area contributed by atoms with E-state index in [-0.39, 0.29) is 11.5 Å². The fourth-order valence-corrected chi connectivity index (χ4v) is 3.59. The molecule has 3 aromatic rings. The summed E-state index contributed by atoms with van der Waals surface area (Å²) in [4.78, 5) is 26.1. The van der Waals surface area contributed by atoms with Crippen LogP contribution < -0.4 is 15.6 Å². The van der Waals surface area contributed by atoms with Gasteiger partial charge in [0.2, 0.25) is 5.91 Å². The summed E-state index contributed by atoms with van der Waals surface area (Å²) in [6.45, 7) is 7.78. The predicted molar refractivity (Wildman–Crippen MR) is 113 cm³/mol. The van der Waals surface area contributed by atoms with E-state index >= 15 is 0 Å². The number of ether oxygens (including phenoxy) is 1. The average Bonchev–Trinajstić information content (AvgIpc) is 2.68. The zero-order valence-corrected chi connectivity index (χ0v) is 17.0. The van der Waals surface area contributed by atoms with Gasteiger partial charge in [0, 0.05) is 17.1 Å². The molecule has 1 atom stereocenters. The summed E-state index contributed by atoms with van der Waals surface area (Å²) in [5.74, 6) is 0.366. The van der Waals surface area contributed by atoms with Crippen LogP contribution >= 0.6 is 0 Å². The van der Waals surface area contributed by atoms with E-state index in [9.17, 15) is 9.59 Å². The Bertz CT molecular complexity index is 1100. The zero-order chi connectivity index (χ0) is 20.4. The number of benzene rings is 2. The van der Waals surface area contributed by atoms with Gasteiger partial charge in [-0.25, -0.2) is 0 Å². The lowest BCUT2D eigenvalue weighted by atomic mass is 10.1. The Balaban J connectivity index is 2.15. The molecule has 0 aliphatic heterocycles. The zero-order valence-electron chi connectivity index (χ0n) is 17.0. The molecular formula is C23H26N2O3. The Kier molecular flexibility index (Phi) is 5.54. The van der Waals surface area contributed by atoms with E-state index in [0.717, 1.165) is 27.8 Å². The molecule has 5 nitrogen and oxygen atoms in total. The second-order valence-corrected chi connectivity index (χ2v) is 7.05. The monoisotopic (exact) mass is 378 g/mol. The number of hydrogen-bond donors (Lipinski definition) is 1. The van der Waals surface area contributed by atoms with Gasteiger partial charge < -0.3 is 10.1 Å². The van der Waals surface area contributed by atoms with Gasteiger partial charge in [-0.15, -0.1) is 0 Å². The van der Waals surface area contributed by atoms with Crippen molar-refractivity contribution >= 4 is 22.5 Å². The van der Waals surface area contributed by atoms with Gasteiger partial charge in [-0.3, -0.25) is 14.2 Å². The number of carbonyl (C=O) groups excluding carboxylic acids is 1. The Morgan fingerprint density at radius 1 is 1.11 bits per heavy atom. The molecule has 0 saturated heterocycles. The van der Waals surface area contributed by atoms with Gasteiger partial charge in [-0.05, 0) is 56.0 Å². The standard InChI is InChI=1S/C23H26N2O3/c1-6-19(23(27)24-18-11-7-9-14(2)16(18)4)25-21(26)13-15(3)17-10-8-12-20(28-5)22(17)25/h7-13,19H,6H2,1-5H3,(H,24,27). The van der Waals surface area contributed by atoms with Crippen molar-refractivity contribution in [3.8, 4) is 5.75 Å². The van der Waals surface area contributed by atoms with E-state index in [1.165, 1.54) is 0 Å². The van der Waals surface area contributed by atoms with Crippen molar-refractivity contribution in [1.29, 1.82) is 0 Å². The molecule has 146 valence electrons. The van der Waals surface area contributed by atoms with Crippen molar-refractivity contribution in [2.45, 2.75) is 40.2 Å². The number of nitrogens with one attached hydrogen (secondary N) is 1. The van der Waals surface area contributed by atoms with Gasteiger partial charge in [0.05, 0.1) is 12.6 Å². The van der Waals surface area contributed by atoms with E-state index in [2.05, 4.69) is 5.32 Å². The number of methoxy groups -OCH3 is 1. The third-order valence-electron chi connectivity index (χ3n) is 5.33. The predicted octanol–water partition coefficient (Wildman–Crippen LogP) is 4.53. The number of amides is 1. The molecule has 5 heteroatoms. The highest BCUT2D eigenvalue weighted by molar-refractivity contribution is 5.96. The first-order valence-corrected chi connectivity index (χ1v) is 9.45. The summed E-state index contributed by atoms with van der Waals surface area (Å²) in [6.07, 6.45) is 0.479. The minimum absolute atomic E-state index is 0.211. The largest absolute Gasteiger partial charge is 0.495 e. The Hall–Kier alpha value is -3.08. The number of para-hydroxylation sites is 1. The molecule has 0 radical (unpaired) electrons. The number of hydrogen-bond acceptors (Lipinski definition) is 3. The SMILES string of the molecule is CCC(C(=O)Nc1cccc(C)c1C)n1c(=O)cc(C)c2cccc(OC)c21. The van der Waals surface area contributed by atoms with Crippen molar-refractivity contribution in [3.63, 3.8) is 0 Å². The van der Waals surface area contributed by atoms with E-state index in [4.69, 9.17) is 4.74 Å². The molecule has 2 aromatic carbocycles. The topological polar surface area (TPSA) is 60.3 Å². The summed E-state index contributed by atoms with van der Waals surface area (Å²) < 4.78 is 7.07. The lowest BCUT2D eigenvalue weighted by Crippen LogP contribution is -2.33. The summed E-state index contributed by atoms with van der Waals surface area (Å²) in [7, 11) is 1.57. The van der Waals surface area contributed by atoms with Crippen LogP contribution in [0.3, 0.4) is 0 Å². The molecule has 28 heavy (non-hydrogen) atoms.